The monoisotopic (exact) mass is 219 g/mol. The molecule has 0 aliphatic carbocycles. The van der Waals surface area contributed by atoms with Crippen molar-refractivity contribution in [2.75, 3.05) is 6.61 Å². The quantitative estimate of drug-likeness (QED) is 0.817. The second-order valence-electron chi connectivity index (χ2n) is 3.20. The maximum atomic E-state index is 12.5. The van der Waals surface area contributed by atoms with Crippen LogP contribution in [0.3, 0.4) is 0 Å². The van der Waals surface area contributed by atoms with Crippen LogP contribution < -0.4 is 5.73 Å². The van der Waals surface area contributed by atoms with E-state index in [4.69, 9.17) is 10.8 Å². The third kappa shape index (κ3) is 2.94. The molecule has 0 spiro atoms. The summed E-state index contributed by atoms with van der Waals surface area (Å²) in [7, 11) is 0. The minimum Gasteiger partial charge on any atom is -0.396 e. The summed E-state index contributed by atoms with van der Waals surface area (Å²) in [5, 5.41) is 8.63. The van der Waals surface area contributed by atoms with Crippen LogP contribution in [-0.4, -0.2) is 11.7 Å². The summed E-state index contributed by atoms with van der Waals surface area (Å²) in [6.07, 6.45) is -4.28. The fraction of sp³-hybridized carbons (Fsp3) is 0.400. The van der Waals surface area contributed by atoms with Crippen LogP contribution in [-0.2, 0) is 6.18 Å². The van der Waals surface area contributed by atoms with Gasteiger partial charge in [-0.3, -0.25) is 0 Å². The standard InChI is InChI=1S/C10H12F3NO/c11-10(12,13)8-4-2-1-3-7(8)9(14)5-6-15/h1-4,9,15H,5-6,14H2/t9-/m0/s1. The van der Waals surface area contributed by atoms with Crippen molar-refractivity contribution < 1.29 is 18.3 Å². The van der Waals surface area contributed by atoms with Crippen molar-refractivity contribution in [1.82, 2.24) is 0 Å². The fourth-order valence-electron chi connectivity index (χ4n) is 1.37. The molecular formula is C10H12F3NO. The largest absolute Gasteiger partial charge is 0.416 e. The number of halogens is 3. The predicted molar refractivity (Wildman–Crippen MR) is 50.1 cm³/mol. The van der Waals surface area contributed by atoms with Crippen molar-refractivity contribution in [2.24, 2.45) is 5.73 Å². The van der Waals surface area contributed by atoms with E-state index in [-0.39, 0.29) is 18.6 Å². The molecule has 1 aromatic rings. The van der Waals surface area contributed by atoms with E-state index in [1.807, 2.05) is 0 Å². The highest BCUT2D eigenvalue weighted by Gasteiger charge is 2.34. The highest BCUT2D eigenvalue weighted by atomic mass is 19.4. The average Bonchev–Trinajstić information content (AvgIpc) is 2.17. The Hall–Kier alpha value is -1.07. The van der Waals surface area contributed by atoms with Gasteiger partial charge in [0, 0.05) is 12.6 Å². The lowest BCUT2D eigenvalue weighted by molar-refractivity contribution is -0.138. The Morgan fingerprint density at radius 2 is 1.87 bits per heavy atom. The zero-order valence-corrected chi connectivity index (χ0v) is 7.96. The van der Waals surface area contributed by atoms with Gasteiger partial charge in [-0.1, -0.05) is 18.2 Å². The number of nitrogens with two attached hydrogens (primary N) is 1. The van der Waals surface area contributed by atoms with E-state index in [9.17, 15) is 13.2 Å². The molecule has 3 N–H and O–H groups in total. The van der Waals surface area contributed by atoms with Gasteiger partial charge in [-0.25, -0.2) is 0 Å². The van der Waals surface area contributed by atoms with Gasteiger partial charge in [0.05, 0.1) is 5.56 Å². The molecule has 0 saturated heterocycles. The maximum Gasteiger partial charge on any atom is 0.416 e. The third-order valence-electron chi connectivity index (χ3n) is 2.11. The number of alkyl halides is 3. The van der Waals surface area contributed by atoms with E-state index >= 15 is 0 Å². The Balaban J connectivity index is 3.06. The molecule has 1 atom stereocenters. The van der Waals surface area contributed by atoms with Crippen LogP contribution >= 0.6 is 0 Å². The van der Waals surface area contributed by atoms with Crippen LogP contribution in [0.5, 0.6) is 0 Å². The van der Waals surface area contributed by atoms with E-state index in [2.05, 4.69) is 0 Å². The van der Waals surface area contributed by atoms with Crippen LogP contribution in [0.4, 0.5) is 13.2 Å². The lowest BCUT2D eigenvalue weighted by Crippen LogP contribution is -2.18. The molecule has 15 heavy (non-hydrogen) atoms. The predicted octanol–water partition coefficient (Wildman–Crippen LogP) is 2.09. The van der Waals surface area contributed by atoms with Crippen molar-refractivity contribution in [1.29, 1.82) is 0 Å². The van der Waals surface area contributed by atoms with Gasteiger partial charge in [-0.05, 0) is 18.1 Å². The lowest BCUT2D eigenvalue weighted by Gasteiger charge is -2.17. The molecule has 0 fully saturated rings. The molecule has 0 aliphatic heterocycles. The van der Waals surface area contributed by atoms with Gasteiger partial charge >= 0.3 is 6.18 Å². The van der Waals surface area contributed by atoms with Crippen LogP contribution in [0.15, 0.2) is 24.3 Å². The molecule has 1 aromatic carbocycles. The van der Waals surface area contributed by atoms with E-state index in [0.717, 1.165) is 6.07 Å². The molecule has 0 heterocycles. The Bertz CT molecular complexity index is 325. The molecule has 2 nitrogen and oxygen atoms in total. The van der Waals surface area contributed by atoms with Gasteiger partial charge in [0.25, 0.3) is 0 Å². The molecule has 84 valence electrons. The highest BCUT2D eigenvalue weighted by molar-refractivity contribution is 5.32. The lowest BCUT2D eigenvalue weighted by atomic mass is 9.98. The van der Waals surface area contributed by atoms with Gasteiger partial charge < -0.3 is 10.8 Å². The zero-order valence-electron chi connectivity index (χ0n) is 7.96. The summed E-state index contributed by atoms with van der Waals surface area (Å²) >= 11 is 0. The Morgan fingerprint density at radius 1 is 1.27 bits per heavy atom. The summed E-state index contributed by atoms with van der Waals surface area (Å²) in [5.74, 6) is 0. The molecule has 0 aromatic heterocycles. The van der Waals surface area contributed by atoms with Crippen molar-refractivity contribution >= 4 is 0 Å². The maximum absolute atomic E-state index is 12.5. The minimum atomic E-state index is -4.40. The highest BCUT2D eigenvalue weighted by Crippen LogP contribution is 2.34. The number of aliphatic hydroxyl groups is 1. The first-order chi connectivity index (χ1) is 6.96. The second kappa shape index (κ2) is 4.63. The Kier molecular flexibility index (Phi) is 3.71. The molecule has 0 bridgehead atoms. The average molecular weight is 219 g/mol. The molecule has 5 heteroatoms. The molecule has 0 amide bonds. The molecule has 0 aliphatic rings. The first-order valence-electron chi connectivity index (χ1n) is 4.49. The molecule has 1 rings (SSSR count). The van der Waals surface area contributed by atoms with Crippen LogP contribution in [0.25, 0.3) is 0 Å². The van der Waals surface area contributed by atoms with E-state index in [1.165, 1.54) is 18.2 Å². The van der Waals surface area contributed by atoms with Crippen LogP contribution in [0.2, 0.25) is 0 Å². The summed E-state index contributed by atoms with van der Waals surface area (Å²) in [6.45, 7) is -0.229. The summed E-state index contributed by atoms with van der Waals surface area (Å²) in [6, 6.07) is 4.36. The Morgan fingerprint density at radius 3 is 2.40 bits per heavy atom. The van der Waals surface area contributed by atoms with E-state index in [1.54, 1.807) is 0 Å². The minimum absolute atomic E-state index is 0.0269. The second-order valence-corrected chi connectivity index (χ2v) is 3.20. The van der Waals surface area contributed by atoms with Crippen molar-refractivity contribution in [3.8, 4) is 0 Å². The van der Waals surface area contributed by atoms with Crippen molar-refractivity contribution in [3.63, 3.8) is 0 Å². The number of aliphatic hydroxyl groups excluding tert-OH is 1. The van der Waals surface area contributed by atoms with Gasteiger partial charge in [-0.2, -0.15) is 13.2 Å². The zero-order chi connectivity index (χ0) is 11.5. The number of rotatable bonds is 3. The van der Waals surface area contributed by atoms with Gasteiger partial charge in [-0.15, -0.1) is 0 Å². The first kappa shape index (κ1) is 12.0. The fourth-order valence-corrected chi connectivity index (χ4v) is 1.37. The van der Waals surface area contributed by atoms with Crippen LogP contribution in [0.1, 0.15) is 23.6 Å². The molecular weight excluding hydrogens is 207 g/mol. The number of hydrogen-bond acceptors (Lipinski definition) is 2. The summed E-state index contributed by atoms with van der Waals surface area (Å²) in [5.41, 5.74) is 4.84. The van der Waals surface area contributed by atoms with Gasteiger partial charge in [0.2, 0.25) is 0 Å². The summed E-state index contributed by atoms with van der Waals surface area (Å²) < 4.78 is 37.6. The number of hydrogen-bond donors (Lipinski definition) is 2. The SMILES string of the molecule is N[C@@H](CCO)c1ccccc1C(F)(F)F. The normalized spacial score (nSPS) is 13.9. The van der Waals surface area contributed by atoms with Gasteiger partial charge in [0.1, 0.15) is 0 Å². The van der Waals surface area contributed by atoms with Gasteiger partial charge in [0.15, 0.2) is 0 Å². The Labute approximate surface area is 85.5 Å². The molecule has 0 saturated carbocycles. The number of benzene rings is 1. The first-order valence-corrected chi connectivity index (χ1v) is 4.49. The summed E-state index contributed by atoms with van der Waals surface area (Å²) in [4.78, 5) is 0. The van der Waals surface area contributed by atoms with Crippen molar-refractivity contribution in [2.45, 2.75) is 18.6 Å². The van der Waals surface area contributed by atoms with E-state index < -0.39 is 17.8 Å². The van der Waals surface area contributed by atoms with E-state index in [0.29, 0.717) is 0 Å². The topological polar surface area (TPSA) is 46.2 Å². The third-order valence-corrected chi connectivity index (χ3v) is 2.11. The molecule has 0 radical (unpaired) electrons. The van der Waals surface area contributed by atoms with Crippen LogP contribution in [0, 0.1) is 0 Å². The van der Waals surface area contributed by atoms with Crippen molar-refractivity contribution in [3.05, 3.63) is 35.4 Å². The molecule has 0 unspecified atom stereocenters. The smallest absolute Gasteiger partial charge is 0.396 e.